The zero-order valence-electron chi connectivity index (χ0n) is 18.5. The van der Waals surface area contributed by atoms with E-state index in [-0.39, 0.29) is 22.2 Å². The molecular weight excluding hydrogens is 437 g/mol. The van der Waals surface area contributed by atoms with Gasteiger partial charge in [0.25, 0.3) is 10.0 Å². The van der Waals surface area contributed by atoms with Crippen molar-refractivity contribution in [1.29, 1.82) is 0 Å². The first kappa shape index (κ1) is 23.8. The monoisotopic (exact) mass is 465 g/mol. The Morgan fingerprint density at radius 1 is 1.03 bits per heavy atom. The van der Waals surface area contributed by atoms with Crippen molar-refractivity contribution in [2.24, 2.45) is 0 Å². The number of para-hydroxylation sites is 1. The number of likely N-dealkylation sites (N-methyl/N-ethyl adjacent to an activating group) is 1. The largest absolute Gasteiger partial charge is 0.493 e. The third-order valence-electron chi connectivity index (χ3n) is 5.52. The molecule has 0 N–H and O–H groups in total. The van der Waals surface area contributed by atoms with Crippen molar-refractivity contribution in [2.45, 2.75) is 11.8 Å². The molecule has 0 atom stereocenters. The molecule has 0 aromatic heterocycles. The minimum Gasteiger partial charge on any atom is -0.493 e. The molecule has 1 heterocycles. The zero-order chi connectivity index (χ0) is 23.3. The molecule has 2 aromatic carbocycles. The van der Waals surface area contributed by atoms with Gasteiger partial charge in [-0.2, -0.15) is 0 Å². The molecule has 174 valence electrons. The van der Waals surface area contributed by atoms with Gasteiger partial charge in [0.1, 0.15) is 12.4 Å². The maximum absolute atomic E-state index is 14.7. The summed E-state index contributed by atoms with van der Waals surface area (Å²) in [5.74, 6) is -0.550. The van der Waals surface area contributed by atoms with Crippen LogP contribution < -0.4 is 13.8 Å². The van der Waals surface area contributed by atoms with E-state index >= 15 is 0 Å². The molecule has 0 bridgehead atoms. The Balaban J connectivity index is 1.96. The SMILES string of the molecule is CCN1CCN(C(=O)CN(c2ccccc2F)S(=O)(=O)c2ccc(OC)c(OC)c2)CC1. The van der Waals surface area contributed by atoms with Crippen molar-refractivity contribution in [2.75, 3.05) is 57.8 Å². The fraction of sp³-hybridized carbons (Fsp3) is 0.409. The highest BCUT2D eigenvalue weighted by atomic mass is 32.2. The van der Waals surface area contributed by atoms with Crippen LogP contribution in [0.1, 0.15) is 6.92 Å². The molecular formula is C22H28FN3O5S. The summed E-state index contributed by atoms with van der Waals surface area (Å²) in [6.45, 7) is 4.84. The van der Waals surface area contributed by atoms with Crippen molar-refractivity contribution in [3.05, 3.63) is 48.3 Å². The summed E-state index contributed by atoms with van der Waals surface area (Å²) in [4.78, 5) is 16.7. The highest BCUT2D eigenvalue weighted by Crippen LogP contribution is 2.33. The van der Waals surface area contributed by atoms with Gasteiger partial charge in [-0.1, -0.05) is 19.1 Å². The van der Waals surface area contributed by atoms with Gasteiger partial charge in [0, 0.05) is 32.2 Å². The molecule has 32 heavy (non-hydrogen) atoms. The van der Waals surface area contributed by atoms with Crippen molar-refractivity contribution in [1.82, 2.24) is 9.80 Å². The van der Waals surface area contributed by atoms with Crippen molar-refractivity contribution >= 4 is 21.6 Å². The number of sulfonamides is 1. The molecule has 0 saturated carbocycles. The number of methoxy groups -OCH3 is 2. The lowest BCUT2D eigenvalue weighted by atomic mass is 10.3. The number of piperazine rings is 1. The third-order valence-corrected chi connectivity index (χ3v) is 7.27. The molecule has 1 fully saturated rings. The standard InChI is InChI=1S/C22H28FN3O5S/c1-4-24-11-13-25(14-12-24)22(27)16-26(19-8-6-5-7-18(19)23)32(28,29)17-9-10-20(30-2)21(15-17)31-3/h5-10,15H,4,11-14,16H2,1-3H3. The van der Waals surface area contributed by atoms with Crippen LogP contribution in [0.4, 0.5) is 10.1 Å². The zero-order valence-corrected chi connectivity index (χ0v) is 19.3. The van der Waals surface area contributed by atoms with Crippen molar-refractivity contribution in [3.8, 4) is 11.5 Å². The van der Waals surface area contributed by atoms with Crippen molar-refractivity contribution in [3.63, 3.8) is 0 Å². The number of amides is 1. The maximum Gasteiger partial charge on any atom is 0.265 e. The Hall–Kier alpha value is -2.85. The van der Waals surface area contributed by atoms with Crippen LogP contribution >= 0.6 is 0 Å². The fourth-order valence-electron chi connectivity index (χ4n) is 3.59. The molecule has 3 rings (SSSR count). The molecule has 0 radical (unpaired) electrons. The van der Waals surface area contributed by atoms with Crippen LogP contribution in [-0.4, -0.2) is 77.6 Å². The van der Waals surface area contributed by atoms with Gasteiger partial charge in [-0.05, 0) is 30.8 Å². The lowest BCUT2D eigenvalue weighted by molar-refractivity contribution is -0.131. The first-order valence-electron chi connectivity index (χ1n) is 10.3. The van der Waals surface area contributed by atoms with Crippen LogP contribution in [0.2, 0.25) is 0 Å². The quantitative estimate of drug-likeness (QED) is 0.595. The van der Waals surface area contributed by atoms with E-state index in [0.717, 1.165) is 16.9 Å². The third kappa shape index (κ3) is 4.97. The van der Waals surface area contributed by atoms with Gasteiger partial charge >= 0.3 is 0 Å². The molecule has 1 aliphatic rings. The van der Waals surface area contributed by atoms with Gasteiger partial charge in [-0.25, -0.2) is 12.8 Å². The van der Waals surface area contributed by atoms with Crippen LogP contribution in [0.15, 0.2) is 47.4 Å². The van der Waals surface area contributed by atoms with Gasteiger partial charge in [0.15, 0.2) is 11.5 Å². The average molecular weight is 466 g/mol. The molecule has 1 amide bonds. The van der Waals surface area contributed by atoms with Gasteiger partial charge in [0.2, 0.25) is 5.91 Å². The number of hydrogen-bond donors (Lipinski definition) is 0. The van der Waals surface area contributed by atoms with Gasteiger partial charge in [-0.15, -0.1) is 0 Å². The van der Waals surface area contributed by atoms with Crippen molar-refractivity contribution < 1.29 is 27.1 Å². The maximum atomic E-state index is 14.7. The first-order valence-corrected chi connectivity index (χ1v) is 11.7. The molecule has 0 unspecified atom stereocenters. The number of carbonyl (C=O) groups excluding carboxylic acids is 1. The molecule has 1 aliphatic heterocycles. The van der Waals surface area contributed by atoms with E-state index in [1.165, 1.54) is 50.6 Å². The number of benzene rings is 2. The molecule has 1 saturated heterocycles. The second kappa shape index (κ2) is 10.2. The summed E-state index contributed by atoms with van der Waals surface area (Å²) in [7, 11) is -1.45. The number of carbonyl (C=O) groups is 1. The lowest BCUT2D eigenvalue weighted by Crippen LogP contribution is -2.51. The molecule has 0 spiro atoms. The van der Waals surface area contributed by atoms with E-state index in [0.29, 0.717) is 31.9 Å². The lowest BCUT2D eigenvalue weighted by Gasteiger charge is -2.35. The average Bonchev–Trinajstić information content (AvgIpc) is 2.82. The summed E-state index contributed by atoms with van der Waals surface area (Å²) >= 11 is 0. The van der Waals surface area contributed by atoms with E-state index in [2.05, 4.69) is 4.90 Å². The molecule has 0 aliphatic carbocycles. The van der Waals surface area contributed by atoms with Crippen LogP contribution in [0, 0.1) is 5.82 Å². The summed E-state index contributed by atoms with van der Waals surface area (Å²) in [6, 6.07) is 9.59. The van der Waals surface area contributed by atoms with Crippen LogP contribution in [0.5, 0.6) is 11.5 Å². The summed E-state index contributed by atoms with van der Waals surface area (Å²) in [5.41, 5.74) is -0.192. The molecule has 2 aromatic rings. The second-order valence-corrected chi connectivity index (χ2v) is 9.16. The number of halogens is 1. The first-order chi connectivity index (χ1) is 15.3. The minimum absolute atomic E-state index is 0.137. The van der Waals surface area contributed by atoms with E-state index in [1.807, 2.05) is 6.92 Å². The van der Waals surface area contributed by atoms with Crippen LogP contribution in [0.25, 0.3) is 0 Å². The normalized spacial score (nSPS) is 14.8. The Kier molecular flexibility index (Phi) is 7.57. The summed E-state index contributed by atoms with van der Waals surface area (Å²) in [5, 5.41) is 0. The predicted molar refractivity (Wildman–Crippen MR) is 119 cm³/mol. The van der Waals surface area contributed by atoms with Gasteiger partial charge in [0.05, 0.1) is 24.8 Å². The number of nitrogens with zero attached hydrogens (tertiary/aromatic N) is 3. The van der Waals surface area contributed by atoms with Gasteiger partial charge < -0.3 is 19.3 Å². The highest BCUT2D eigenvalue weighted by molar-refractivity contribution is 7.92. The smallest absolute Gasteiger partial charge is 0.265 e. The van der Waals surface area contributed by atoms with E-state index < -0.39 is 22.4 Å². The van der Waals surface area contributed by atoms with E-state index in [4.69, 9.17) is 9.47 Å². The number of ether oxygens (including phenoxy) is 2. The molecule has 10 heteroatoms. The van der Waals surface area contributed by atoms with Crippen LogP contribution in [-0.2, 0) is 14.8 Å². The highest BCUT2D eigenvalue weighted by Gasteiger charge is 2.32. The molecule has 8 nitrogen and oxygen atoms in total. The second-order valence-electron chi connectivity index (χ2n) is 7.29. The Labute approximate surface area is 188 Å². The van der Waals surface area contributed by atoms with E-state index in [9.17, 15) is 17.6 Å². The topological polar surface area (TPSA) is 79.4 Å². The van der Waals surface area contributed by atoms with E-state index in [1.54, 1.807) is 4.90 Å². The van der Waals surface area contributed by atoms with Gasteiger partial charge in [-0.3, -0.25) is 9.10 Å². The summed E-state index contributed by atoms with van der Waals surface area (Å²) < 4.78 is 53.0. The minimum atomic E-state index is -4.28. The van der Waals surface area contributed by atoms with Crippen LogP contribution in [0.3, 0.4) is 0 Å². The predicted octanol–water partition coefficient (Wildman–Crippen LogP) is 2.20. The Morgan fingerprint density at radius 2 is 1.69 bits per heavy atom. The number of anilines is 1. The Morgan fingerprint density at radius 3 is 2.28 bits per heavy atom. The fourth-order valence-corrected chi connectivity index (χ4v) is 5.03. The Bertz CT molecular complexity index is 1060. The number of rotatable bonds is 8. The summed E-state index contributed by atoms with van der Waals surface area (Å²) in [6.07, 6.45) is 0. The number of hydrogen-bond acceptors (Lipinski definition) is 6.